The Hall–Kier alpha value is -2.42. The van der Waals surface area contributed by atoms with E-state index in [2.05, 4.69) is 46.0 Å². The molecule has 5 aliphatic carbocycles. The quantitative estimate of drug-likeness (QED) is 0.425. The third kappa shape index (κ3) is 3.67. The van der Waals surface area contributed by atoms with Gasteiger partial charge in [-0.05, 0) is 86.0 Å². The molecule has 5 rings (SSSR count). The number of rotatable bonds is 2. The number of nitrogens with zero attached hydrogens (tertiary/aromatic N) is 1. The van der Waals surface area contributed by atoms with E-state index in [9.17, 15) is 19.6 Å². The van der Waals surface area contributed by atoms with Crippen LogP contribution in [0.4, 0.5) is 4.79 Å². The van der Waals surface area contributed by atoms with E-state index in [4.69, 9.17) is 4.74 Å². The van der Waals surface area contributed by atoms with E-state index < -0.39 is 16.4 Å². The second-order valence-corrected chi connectivity index (χ2v) is 15.3. The van der Waals surface area contributed by atoms with Gasteiger partial charge in [0.25, 0.3) is 0 Å². The number of fused-ring (bicyclic) bond motifs is 7. The van der Waals surface area contributed by atoms with Crippen LogP contribution in [0.5, 0.6) is 0 Å². The summed E-state index contributed by atoms with van der Waals surface area (Å²) in [5.74, 6) is -0.0969. The van der Waals surface area contributed by atoms with Crippen molar-refractivity contribution in [2.45, 2.75) is 106 Å². The fourth-order valence-electron chi connectivity index (χ4n) is 10.2. The molecular weight excluding hydrogens is 488 g/mol. The molecule has 1 amide bonds. The zero-order valence-electron chi connectivity index (χ0n) is 25.1. The Morgan fingerprint density at radius 3 is 2.36 bits per heavy atom. The summed E-state index contributed by atoms with van der Waals surface area (Å²) in [6.45, 7) is 17.5. The van der Waals surface area contributed by atoms with Crippen molar-refractivity contribution in [2.75, 3.05) is 6.61 Å². The van der Waals surface area contributed by atoms with Crippen LogP contribution in [0.1, 0.15) is 100 Å². The molecule has 5 aliphatic rings. The van der Waals surface area contributed by atoms with E-state index in [1.54, 1.807) is 0 Å². The highest BCUT2D eigenvalue weighted by atomic mass is 16.5. The number of amides is 1. The summed E-state index contributed by atoms with van der Waals surface area (Å²) in [5.41, 5.74) is -0.816. The first-order valence-corrected chi connectivity index (χ1v) is 14.9. The molecule has 3 saturated carbocycles. The Balaban J connectivity index is 1.66. The predicted octanol–water partition coefficient (Wildman–Crippen LogP) is 6.70. The molecule has 0 heterocycles. The minimum Gasteiger partial charge on any atom is -0.450 e. The van der Waals surface area contributed by atoms with Crippen molar-refractivity contribution in [1.29, 1.82) is 5.26 Å². The van der Waals surface area contributed by atoms with E-state index in [1.807, 2.05) is 32.9 Å². The largest absolute Gasteiger partial charge is 0.450 e. The number of carbonyl (C=O) groups excluding carboxylic acids is 3. The van der Waals surface area contributed by atoms with Crippen molar-refractivity contribution in [3.8, 4) is 6.07 Å². The van der Waals surface area contributed by atoms with Gasteiger partial charge in [-0.15, -0.1) is 0 Å². The Morgan fingerprint density at radius 1 is 1.05 bits per heavy atom. The van der Waals surface area contributed by atoms with Gasteiger partial charge < -0.3 is 10.1 Å². The van der Waals surface area contributed by atoms with Crippen molar-refractivity contribution in [3.05, 3.63) is 23.3 Å². The molecule has 0 aliphatic heterocycles. The van der Waals surface area contributed by atoms with E-state index in [0.29, 0.717) is 6.61 Å². The smallest absolute Gasteiger partial charge is 0.407 e. The van der Waals surface area contributed by atoms with Gasteiger partial charge in [0.15, 0.2) is 11.6 Å². The van der Waals surface area contributed by atoms with Crippen LogP contribution in [0.25, 0.3) is 0 Å². The summed E-state index contributed by atoms with van der Waals surface area (Å²) in [6.07, 6.45) is 9.58. The molecule has 0 saturated heterocycles. The number of carbonyl (C=O) groups is 3. The first-order chi connectivity index (χ1) is 18.0. The number of allylic oxidation sites excluding steroid dienone is 4. The third-order valence-electron chi connectivity index (χ3n) is 12.5. The number of ketones is 2. The molecule has 0 bridgehead atoms. The van der Waals surface area contributed by atoms with Gasteiger partial charge in [-0.2, -0.15) is 5.26 Å². The lowest BCUT2D eigenvalue weighted by Crippen LogP contribution is -2.69. The maximum Gasteiger partial charge on any atom is 0.407 e. The lowest BCUT2D eigenvalue weighted by molar-refractivity contribution is -0.160. The molecule has 0 aromatic rings. The summed E-state index contributed by atoms with van der Waals surface area (Å²) in [5, 5.41) is 13.2. The summed E-state index contributed by atoms with van der Waals surface area (Å²) in [4.78, 5) is 40.5. The van der Waals surface area contributed by atoms with Gasteiger partial charge in [-0.3, -0.25) is 9.59 Å². The predicted molar refractivity (Wildman–Crippen MR) is 149 cm³/mol. The molecule has 0 aromatic heterocycles. The van der Waals surface area contributed by atoms with Crippen molar-refractivity contribution in [2.24, 2.45) is 44.8 Å². The molecule has 0 radical (unpaired) electrons. The van der Waals surface area contributed by atoms with Crippen LogP contribution in [0.15, 0.2) is 23.3 Å². The number of hydrogen-bond acceptors (Lipinski definition) is 5. The van der Waals surface area contributed by atoms with Crippen molar-refractivity contribution >= 4 is 17.7 Å². The Morgan fingerprint density at radius 2 is 1.72 bits per heavy atom. The Kier molecular flexibility index (Phi) is 6.16. The average molecular weight is 535 g/mol. The first kappa shape index (κ1) is 28.1. The summed E-state index contributed by atoms with van der Waals surface area (Å²) < 4.78 is 5.35. The van der Waals surface area contributed by atoms with Gasteiger partial charge in [0.1, 0.15) is 6.07 Å². The molecule has 3 fully saturated rings. The zero-order chi connectivity index (χ0) is 28.8. The fourth-order valence-corrected chi connectivity index (χ4v) is 10.2. The summed E-state index contributed by atoms with van der Waals surface area (Å²) in [6, 6.07) is 2.18. The highest BCUT2D eigenvalue weighted by molar-refractivity contribution is 6.04. The SMILES string of the molecule is CCOC(=O)N[C@]12CCC(C)(C)C[C@H]1[C@H]1C(=O)C=C3[C@@]4(C)C=C(C#N)C(=O)C(C)(C)[C@@H]4CC[C@@]3(C)[C@]1(C)CC2. The number of nitriles is 1. The van der Waals surface area contributed by atoms with Gasteiger partial charge in [-0.1, -0.05) is 60.1 Å². The standard InChI is InChI=1S/C33H46N2O4/c1-9-39-27(38)35-33-14-12-28(2,3)18-21(33)25-22(36)16-24-30(6)17-20(19-34)26(37)29(4,5)23(30)10-11-31(24,7)32(25,8)13-15-33/h16-17,21,23,25H,9-15,18H2,1-8H3,(H,35,38)/t21-,23-,25-,30-,31+,32+,33-/m0/s1. The van der Waals surface area contributed by atoms with Gasteiger partial charge in [0, 0.05) is 22.3 Å². The topological polar surface area (TPSA) is 96.3 Å². The van der Waals surface area contributed by atoms with Crippen LogP contribution < -0.4 is 5.32 Å². The van der Waals surface area contributed by atoms with Crippen molar-refractivity contribution < 1.29 is 19.1 Å². The van der Waals surface area contributed by atoms with Crippen LogP contribution in [-0.4, -0.2) is 29.8 Å². The molecule has 0 spiro atoms. The van der Waals surface area contributed by atoms with Crippen LogP contribution in [0, 0.1) is 56.2 Å². The molecule has 6 nitrogen and oxygen atoms in total. The van der Waals surface area contributed by atoms with Gasteiger partial charge in [0.05, 0.1) is 12.2 Å². The molecular formula is C33H46N2O4. The average Bonchev–Trinajstić information content (AvgIpc) is 2.84. The lowest BCUT2D eigenvalue weighted by Gasteiger charge is -2.69. The second kappa shape index (κ2) is 8.54. The molecule has 0 unspecified atom stereocenters. The van der Waals surface area contributed by atoms with Crippen LogP contribution in [0.3, 0.4) is 0 Å². The van der Waals surface area contributed by atoms with Gasteiger partial charge in [-0.25, -0.2) is 4.79 Å². The van der Waals surface area contributed by atoms with Crippen LogP contribution in [0.2, 0.25) is 0 Å². The van der Waals surface area contributed by atoms with E-state index in [0.717, 1.165) is 50.5 Å². The van der Waals surface area contributed by atoms with Gasteiger partial charge in [0.2, 0.25) is 0 Å². The molecule has 0 aromatic carbocycles. The monoisotopic (exact) mass is 534 g/mol. The Bertz CT molecular complexity index is 1240. The van der Waals surface area contributed by atoms with Crippen molar-refractivity contribution in [1.82, 2.24) is 5.32 Å². The van der Waals surface area contributed by atoms with Crippen LogP contribution >= 0.6 is 0 Å². The Labute approximate surface area is 234 Å². The number of nitrogens with one attached hydrogen (secondary N) is 1. The minimum absolute atomic E-state index is 0.0200. The van der Waals surface area contributed by atoms with E-state index >= 15 is 0 Å². The number of Topliss-reactive ketones (excluding diaryl/α,β-unsaturated/α-hetero) is 1. The van der Waals surface area contributed by atoms with E-state index in [-0.39, 0.29) is 57.2 Å². The summed E-state index contributed by atoms with van der Waals surface area (Å²) in [7, 11) is 0. The third-order valence-corrected chi connectivity index (χ3v) is 12.5. The fraction of sp³-hybridized carbons (Fsp3) is 0.758. The van der Waals surface area contributed by atoms with Crippen molar-refractivity contribution in [3.63, 3.8) is 0 Å². The zero-order valence-corrected chi connectivity index (χ0v) is 25.1. The first-order valence-electron chi connectivity index (χ1n) is 14.9. The number of ether oxygens (including phenoxy) is 1. The maximum atomic E-state index is 14.5. The normalized spacial score (nSPS) is 43.8. The molecule has 212 valence electrons. The highest BCUT2D eigenvalue weighted by Crippen LogP contribution is 2.73. The number of alkyl carbamates (subject to hydrolysis) is 1. The lowest BCUT2D eigenvalue weighted by atomic mass is 9.35. The van der Waals surface area contributed by atoms with Crippen LogP contribution in [-0.2, 0) is 14.3 Å². The highest BCUT2D eigenvalue weighted by Gasteiger charge is 2.70. The second-order valence-electron chi connectivity index (χ2n) is 15.3. The molecule has 6 heteroatoms. The minimum atomic E-state index is -0.670. The number of hydrogen-bond donors (Lipinski definition) is 1. The molecule has 1 N–H and O–H groups in total. The molecule has 39 heavy (non-hydrogen) atoms. The summed E-state index contributed by atoms with van der Waals surface area (Å²) >= 11 is 0. The van der Waals surface area contributed by atoms with E-state index in [1.165, 1.54) is 0 Å². The maximum absolute atomic E-state index is 14.5. The molecule has 7 atom stereocenters. The van der Waals surface area contributed by atoms with Gasteiger partial charge >= 0.3 is 6.09 Å².